The molecule has 1 rings (SSSR count). The van der Waals surface area contributed by atoms with Crippen molar-refractivity contribution in [3.8, 4) is 0 Å². The van der Waals surface area contributed by atoms with Gasteiger partial charge in [-0.15, -0.1) is 0 Å². The second-order valence-electron chi connectivity index (χ2n) is 2.68. The number of aliphatic hydroxyl groups excluding tert-OH is 1. The summed E-state index contributed by atoms with van der Waals surface area (Å²) in [7, 11) is 0. The molecule has 0 saturated carbocycles. The van der Waals surface area contributed by atoms with Crippen molar-refractivity contribution in [1.82, 2.24) is 0 Å². The van der Waals surface area contributed by atoms with Crippen molar-refractivity contribution in [3.63, 3.8) is 0 Å². The van der Waals surface area contributed by atoms with E-state index in [1.54, 1.807) is 0 Å². The van der Waals surface area contributed by atoms with Crippen LogP contribution in [0.3, 0.4) is 0 Å². The first kappa shape index (κ1) is 8.33. The Morgan fingerprint density at radius 2 is 2.55 bits per heavy atom. The number of aliphatic hydroxyl groups is 1. The van der Waals surface area contributed by atoms with Gasteiger partial charge in [0.25, 0.3) is 0 Å². The van der Waals surface area contributed by atoms with Crippen LogP contribution in [0.25, 0.3) is 10.4 Å². The molecule has 0 aromatic carbocycles. The SMILES string of the molecule is C[C@H]1C[C@@H](N=[N+]=[N-])[C@@H](CO)O1. The largest absolute Gasteiger partial charge is 0.394 e. The van der Waals surface area contributed by atoms with E-state index >= 15 is 0 Å². The van der Waals surface area contributed by atoms with Crippen LogP contribution >= 0.6 is 0 Å². The molecular formula is C6H11N3O2. The lowest BCUT2D eigenvalue weighted by atomic mass is 10.1. The second-order valence-corrected chi connectivity index (χ2v) is 2.68. The molecule has 0 amide bonds. The molecule has 5 nitrogen and oxygen atoms in total. The molecule has 0 unspecified atom stereocenters. The van der Waals surface area contributed by atoms with Gasteiger partial charge in [-0.2, -0.15) is 0 Å². The van der Waals surface area contributed by atoms with Crippen molar-refractivity contribution in [1.29, 1.82) is 0 Å². The molecule has 1 aliphatic rings. The van der Waals surface area contributed by atoms with Gasteiger partial charge in [0.1, 0.15) is 0 Å². The molecule has 0 aliphatic carbocycles. The van der Waals surface area contributed by atoms with Gasteiger partial charge in [0.2, 0.25) is 0 Å². The molecule has 62 valence electrons. The number of hydrogen-bond acceptors (Lipinski definition) is 3. The molecule has 0 aromatic heterocycles. The summed E-state index contributed by atoms with van der Waals surface area (Å²) in [5.74, 6) is 0. The Bertz CT molecular complexity index is 179. The van der Waals surface area contributed by atoms with E-state index in [0.29, 0.717) is 6.42 Å². The van der Waals surface area contributed by atoms with Gasteiger partial charge in [0.15, 0.2) is 0 Å². The average molecular weight is 157 g/mol. The summed E-state index contributed by atoms with van der Waals surface area (Å²) in [6.45, 7) is 1.82. The molecule has 5 heteroatoms. The van der Waals surface area contributed by atoms with Crippen LogP contribution in [0.15, 0.2) is 5.11 Å². The predicted octanol–water partition coefficient (Wildman–Crippen LogP) is 0.835. The molecule has 1 fully saturated rings. The maximum Gasteiger partial charge on any atom is 0.0894 e. The minimum Gasteiger partial charge on any atom is -0.394 e. The van der Waals surface area contributed by atoms with Crippen molar-refractivity contribution in [2.45, 2.75) is 31.6 Å². The van der Waals surface area contributed by atoms with Crippen LogP contribution in [0.2, 0.25) is 0 Å². The van der Waals surface area contributed by atoms with Gasteiger partial charge in [-0.3, -0.25) is 0 Å². The second kappa shape index (κ2) is 3.57. The normalized spacial score (nSPS) is 36.7. The summed E-state index contributed by atoms with van der Waals surface area (Å²) < 4.78 is 5.26. The van der Waals surface area contributed by atoms with Crippen LogP contribution in [0.5, 0.6) is 0 Å². The predicted molar refractivity (Wildman–Crippen MR) is 39.0 cm³/mol. The van der Waals surface area contributed by atoms with E-state index in [9.17, 15) is 0 Å². The number of ether oxygens (including phenoxy) is 1. The third-order valence-electron chi connectivity index (χ3n) is 1.79. The fourth-order valence-electron chi connectivity index (χ4n) is 1.29. The fraction of sp³-hybridized carbons (Fsp3) is 1.00. The summed E-state index contributed by atoms with van der Waals surface area (Å²) in [5, 5.41) is 12.3. The Balaban J connectivity index is 2.56. The number of rotatable bonds is 2. The minimum absolute atomic E-state index is 0.0754. The summed E-state index contributed by atoms with van der Waals surface area (Å²) in [5.41, 5.74) is 8.15. The lowest BCUT2D eigenvalue weighted by Crippen LogP contribution is -2.22. The number of nitrogens with zero attached hydrogens (tertiary/aromatic N) is 3. The maximum absolute atomic E-state index is 8.77. The van der Waals surface area contributed by atoms with Gasteiger partial charge >= 0.3 is 0 Å². The molecule has 1 aliphatic heterocycles. The van der Waals surface area contributed by atoms with E-state index < -0.39 is 0 Å². The first-order chi connectivity index (χ1) is 5.27. The summed E-state index contributed by atoms with van der Waals surface area (Å²) in [6, 6.07) is -0.194. The highest BCUT2D eigenvalue weighted by Gasteiger charge is 2.31. The average Bonchev–Trinajstić information content (AvgIpc) is 2.32. The van der Waals surface area contributed by atoms with E-state index in [0.717, 1.165) is 0 Å². The monoisotopic (exact) mass is 157 g/mol. The Morgan fingerprint density at radius 1 is 1.82 bits per heavy atom. The molecule has 3 atom stereocenters. The minimum atomic E-state index is -0.305. The van der Waals surface area contributed by atoms with Crippen molar-refractivity contribution < 1.29 is 9.84 Å². The number of azide groups is 1. The first-order valence-corrected chi connectivity index (χ1v) is 3.58. The molecule has 1 saturated heterocycles. The molecule has 0 bridgehead atoms. The topological polar surface area (TPSA) is 78.2 Å². The maximum atomic E-state index is 8.77. The highest BCUT2D eigenvalue weighted by atomic mass is 16.5. The van der Waals surface area contributed by atoms with Gasteiger partial charge in [-0.1, -0.05) is 5.11 Å². The van der Waals surface area contributed by atoms with E-state index in [2.05, 4.69) is 10.0 Å². The van der Waals surface area contributed by atoms with Crippen LogP contribution in [-0.4, -0.2) is 30.0 Å². The van der Waals surface area contributed by atoms with Gasteiger partial charge in [-0.05, 0) is 18.9 Å². The smallest absolute Gasteiger partial charge is 0.0894 e. The lowest BCUT2D eigenvalue weighted by Gasteiger charge is -2.09. The van der Waals surface area contributed by atoms with Crippen LogP contribution in [0, 0.1) is 0 Å². The van der Waals surface area contributed by atoms with Gasteiger partial charge in [0.05, 0.1) is 24.9 Å². The molecule has 0 radical (unpaired) electrons. The Kier molecular flexibility index (Phi) is 2.70. The molecule has 1 heterocycles. The van der Waals surface area contributed by atoms with Crippen LogP contribution in [0.1, 0.15) is 13.3 Å². The number of hydrogen-bond donors (Lipinski definition) is 1. The molecule has 11 heavy (non-hydrogen) atoms. The van der Waals surface area contributed by atoms with Gasteiger partial charge < -0.3 is 9.84 Å². The Hall–Kier alpha value is -0.770. The van der Waals surface area contributed by atoms with Crippen molar-refractivity contribution in [3.05, 3.63) is 10.4 Å². The van der Waals surface area contributed by atoms with Crippen LogP contribution < -0.4 is 0 Å². The zero-order valence-corrected chi connectivity index (χ0v) is 6.34. The lowest BCUT2D eigenvalue weighted by molar-refractivity contribution is 0.0157. The molecular weight excluding hydrogens is 146 g/mol. The quantitative estimate of drug-likeness (QED) is 0.366. The summed E-state index contributed by atoms with van der Waals surface area (Å²) in [4.78, 5) is 2.68. The third kappa shape index (κ3) is 1.83. The Labute approximate surface area is 64.6 Å². The summed E-state index contributed by atoms with van der Waals surface area (Å²) in [6.07, 6.45) is 0.485. The highest BCUT2D eigenvalue weighted by molar-refractivity contribution is 4.85. The standard InChI is InChI=1S/C6H11N3O2/c1-4-2-5(8-9-7)6(3-10)11-4/h4-6,10H,2-3H2,1H3/t4-,5+,6+/m0/s1. The Morgan fingerprint density at radius 3 is 3.09 bits per heavy atom. The van der Waals surface area contributed by atoms with Crippen molar-refractivity contribution in [2.75, 3.05) is 6.61 Å². The molecule has 0 spiro atoms. The van der Waals surface area contributed by atoms with Gasteiger partial charge in [-0.25, -0.2) is 0 Å². The zero-order chi connectivity index (χ0) is 8.27. The zero-order valence-electron chi connectivity index (χ0n) is 6.34. The van der Waals surface area contributed by atoms with E-state index in [1.807, 2.05) is 6.92 Å². The highest BCUT2D eigenvalue weighted by Crippen LogP contribution is 2.22. The van der Waals surface area contributed by atoms with Crippen LogP contribution in [-0.2, 0) is 4.74 Å². The molecule has 0 aromatic rings. The van der Waals surface area contributed by atoms with Gasteiger partial charge in [0, 0.05) is 4.91 Å². The van der Waals surface area contributed by atoms with E-state index in [1.165, 1.54) is 0 Å². The first-order valence-electron chi connectivity index (χ1n) is 3.58. The van der Waals surface area contributed by atoms with Crippen molar-refractivity contribution >= 4 is 0 Å². The van der Waals surface area contributed by atoms with Crippen molar-refractivity contribution in [2.24, 2.45) is 5.11 Å². The fourth-order valence-corrected chi connectivity index (χ4v) is 1.29. The van der Waals surface area contributed by atoms with E-state index in [4.69, 9.17) is 15.4 Å². The van der Waals surface area contributed by atoms with Crippen LogP contribution in [0.4, 0.5) is 0 Å². The van der Waals surface area contributed by atoms with E-state index in [-0.39, 0.29) is 24.9 Å². The summed E-state index contributed by atoms with van der Waals surface area (Å²) >= 11 is 0. The molecule has 1 N–H and O–H groups in total. The third-order valence-corrected chi connectivity index (χ3v) is 1.79.